The van der Waals surface area contributed by atoms with E-state index in [9.17, 15) is 14.4 Å². The van der Waals surface area contributed by atoms with Crippen LogP contribution in [0.2, 0.25) is 0 Å². The molecule has 0 radical (unpaired) electrons. The van der Waals surface area contributed by atoms with Gasteiger partial charge in [-0.2, -0.15) is 0 Å². The molecular formula is C21H19NO6. The van der Waals surface area contributed by atoms with Gasteiger partial charge in [0.05, 0.1) is 12.7 Å². The van der Waals surface area contributed by atoms with E-state index in [0.717, 1.165) is 11.1 Å². The Hall–Kier alpha value is -3.61. The fourth-order valence-electron chi connectivity index (χ4n) is 2.67. The topological polar surface area (TPSA) is 90.9 Å². The van der Waals surface area contributed by atoms with Crippen LogP contribution in [-0.4, -0.2) is 30.8 Å². The summed E-state index contributed by atoms with van der Waals surface area (Å²) in [5.41, 5.74) is 2.51. The first-order valence-corrected chi connectivity index (χ1v) is 8.51. The van der Waals surface area contributed by atoms with Gasteiger partial charge in [-0.25, -0.2) is 14.4 Å². The van der Waals surface area contributed by atoms with Crippen LogP contribution in [0, 0.1) is 0 Å². The zero-order valence-electron chi connectivity index (χ0n) is 15.6. The normalized spacial score (nSPS) is 15.3. The van der Waals surface area contributed by atoms with Gasteiger partial charge in [-0.3, -0.25) is 0 Å². The van der Waals surface area contributed by atoms with Crippen molar-refractivity contribution in [2.24, 2.45) is 0 Å². The molecule has 0 saturated carbocycles. The van der Waals surface area contributed by atoms with E-state index in [2.05, 4.69) is 5.32 Å². The Morgan fingerprint density at radius 1 is 1.00 bits per heavy atom. The first kappa shape index (κ1) is 19.2. The largest absolute Gasteiger partial charge is 0.465 e. The second kappa shape index (κ2) is 7.56. The number of ether oxygens (including phenoxy) is 3. The monoisotopic (exact) mass is 381 g/mol. The van der Waals surface area contributed by atoms with Gasteiger partial charge in [-0.15, -0.1) is 0 Å². The highest BCUT2D eigenvalue weighted by Crippen LogP contribution is 2.25. The maximum atomic E-state index is 12.0. The minimum atomic E-state index is -1.28. The van der Waals surface area contributed by atoms with Crippen LogP contribution in [0.5, 0.6) is 0 Å². The molecule has 1 fully saturated rings. The number of carbonyl (C=O) groups is 3. The molecule has 7 nitrogen and oxygen atoms in total. The predicted molar refractivity (Wildman–Crippen MR) is 101 cm³/mol. The number of hydrogen-bond acceptors (Lipinski definition) is 7. The molecule has 1 heterocycles. The number of esters is 3. The Bertz CT molecular complexity index is 954. The lowest BCUT2D eigenvalue weighted by Crippen LogP contribution is -2.42. The summed E-state index contributed by atoms with van der Waals surface area (Å²) in [6, 6.07) is 14.3. The Morgan fingerprint density at radius 3 is 2.25 bits per heavy atom. The molecule has 2 aromatic carbocycles. The standard InChI is InChI=1S/C21H19NO6/c1-21(2)27-19(24)17(20(25)28-21)12-22-16-9-5-7-14(11-16)13-6-4-8-15(10-13)18(23)26-3/h4-12,22H,1-3H3. The Balaban J connectivity index is 1.82. The van der Waals surface area contributed by atoms with Gasteiger partial charge in [0.1, 0.15) is 0 Å². The second-order valence-corrected chi connectivity index (χ2v) is 6.53. The van der Waals surface area contributed by atoms with E-state index < -0.39 is 23.7 Å². The predicted octanol–water partition coefficient (Wildman–Crippen LogP) is 3.27. The number of methoxy groups -OCH3 is 1. The van der Waals surface area contributed by atoms with E-state index in [1.807, 2.05) is 24.3 Å². The van der Waals surface area contributed by atoms with E-state index in [0.29, 0.717) is 11.3 Å². The van der Waals surface area contributed by atoms with E-state index in [1.165, 1.54) is 27.2 Å². The third-order valence-electron chi connectivity index (χ3n) is 3.98. The number of anilines is 1. The summed E-state index contributed by atoms with van der Waals surface area (Å²) >= 11 is 0. The molecule has 0 spiro atoms. The zero-order chi connectivity index (χ0) is 20.3. The molecule has 28 heavy (non-hydrogen) atoms. The number of nitrogens with one attached hydrogen (secondary N) is 1. The molecule has 3 rings (SSSR count). The van der Waals surface area contributed by atoms with Gasteiger partial charge in [0.15, 0.2) is 5.57 Å². The molecule has 0 bridgehead atoms. The van der Waals surface area contributed by atoms with Crippen molar-refractivity contribution in [3.05, 3.63) is 65.9 Å². The van der Waals surface area contributed by atoms with Gasteiger partial charge in [0.2, 0.25) is 0 Å². The third kappa shape index (κ3) is 4.20. The molecule has 0 amide bonds. The van der Waals surface area contributed by atoms with Gasteiger partial charge >= 0.3 is 17.9 Å². The molecule has 1 N–H and O–H groups in total. The van der Waals surface area contributed by atoms with Crippen LogP contribution in [0.1, 0.15) is 24.2 Å². The summed E-state index contributed by atoms with van der Waals surface area (Å²) in [6.07, 6.45) is 1.25. The van der Waals surface area contributed by atoms with Crippen LogP contribution < -0.4 is 5.32 Å². The quantitative estimate of drug-likeness (QED) is 0.494. The van der Waals surface area contributed by atoms with Crippen molar-refractivity contribution < 1.29 is 28.6 Å². The van der Waals surface area contributed by atoms with Crippen molar-refractivity contribution in [2.75, 3.05) is 12.4 Å². The second-order valence-electron chi connectivity index (χ2n) is 6.53. The maximum absolute atomic E-state index is 12.0. The maximum Gasteiger partial charge on any atom is 0.350 e. The minimum absolute atomic E-state index is 0.225. The van der Waals surface area contributed by atoms with Crippen LogP contribution in [0.15, 0.2) is 60.3 Å². The molecular weight excluding hydrogens is 362 g/mol. The highest BCUT2D eigenvalue weighted by atomic mass is 16.7. The number of carbonyl (C=O) groups excluding carboxylic acids is 3. The average molecular weight is 381 g/mol. The van der Waals surface area contributed by atoms with Crippen molar-refractivity contribution in [3.63, 3.8) is 0 Å². The van der Waals surface area contributed by atoms with Crippen molar-refractivity contribution >= 4 is 23.6 Å². The smallest absolute Gasteiger partial charge is 0.350 e. The first-order valence-electron chi connectivity index (χ1n) is 8.51. The highest BCUT2D eigenvalue weighted by Gasteiger charge is 2.38. The summed E-state index contributed by atoms with van der Waals surface area (Å²) in [7, 11) is 1.33. The van der Waals surface area contributed by atoms with Crippen LogP contribution in [0.25, 0.3) is 11.1 Å². The Morgan fingerprint density at radius 2 is 1.61 bits per heavy atom. The molecule has 2 aromatic rings. The molecule has 144 valence electrons. The SMILES string of the molecule is COC(=O)c1cccc(-c2cccc(NC=C3C(=O)OC(C)(C)OC3=O)c2)c1. The molecule has 7 heteroatoms. The molecule has 1 aliphatic rings. The number of benzene rings is 2. The van der Waals surface area contributed by atoms with Gasteiger partial charge < -0.3 is 19.5 Å². The fraction of sp³-hybridized carbons (Fsp3) is 0.190. The van der Waals surface area contributed by atoms with Gasteiger partial charge in [-0.05, 0) is 35.4 Å². The summed E-state index contributed by atoms with van der Waals surface area (Å²) in [5.74, 6) is -3.21. The Labute approximate surface area is 161 Å². The van der Waals surface area contributed by atoms with E-state index >= 15 is 0 Å². The lowest BCUT2D eigenvalue weighted by molar-refractivity contribution is -0.222. The summed E-state index contributed by atoms with van der Waals surface area (Å²) in [4.78, 5) is 35.7. The fourth-order valence-corrected chi connectivity index (χ4v) is 2.67. The summed E-state index contributed by atoms with van der Waals surface area (Å²) < 4.78 is 14.8. The third-order valence-corrected chi connectivity index (χ3v) is 3.98. The molecule has 0 aromatic heterocycles. The first-order chi connectivity index (χ1) is 13.3. The van der Waals surface area contributed by atoms with E-state index in [4.69, 9.17) is 14.2 Å². The average Bonchev–Trinajstić information content (AvgIpc) is 2.66. The van der Waals surface area contributed by atoms with E-state index in [1.54, 1.807) is 24.3 Å². The number of hydrogen-bond donors (Lipinski definition) is 1. The van der Waals surface area contributed by atoms with Crippen molar-refractivity contribution in [2.45, 2.75) is 19.6 Å². The van der Waals surface area contributed by atoms with Gasteiger partial charge in [0, 0.05) is 25.7 Å². The number of rotatable bonds is 4. The molecule has 1 saturated heterocycles. The molecule has 0 unspecified atom stereocenters. The molecule has 1 aliphatic heterocycles. The minimum Gasteiger partial charge on any atom is -0.465 e. The molecule has 0 atom stereocenters. The lowest BCUT2D eigenvalue weighted by Gasteiger charge is -2.29. The zero-order valence-corrected chi connectivity index (χ0v) is 15.6. The summed E-state index contributed by atoms with van der Waals surface area (Å²) in [5, 5.41) is 2.91. The van der Waals surface area contributed by atoms with Crippen molar-refractivity contribution in [3.8, 4) is 11.1 Å². The molecule has 0 aliphatic carbocycles. The highest BCUT2D eigenvalue weighted by molar-refractivity contribution is 6.15. The summed E-state index contributed by atoms with van der Waals surface area (Å²) in [6.45, 7) is 2.97. The van der Waals surface area contributed by atoms with E-state index in [-0.39, 0.29) is 5.57 Å². The van der Waals surface area contributed by atoms with Crippen LogP contribution >= 0.6 is 0 Å². The Kier molecular flexibility index (Phi) is 5.17. The lowest BCUT2D eigenvalue weighted by atomic mass is 10.0. The van der Waals surface area contributed by atoms with Gasteiger partial charge in [0.25, 0.3) is 5.79 Å². The van der Waals surface area contributed by atoms with Crippen molar-refractivity contribution in [1.82, 2.24) is 0 Å². The number of cyclic esters (lactones) is 2. The van der Waals surface area contributed by atoms with Crippen LogP contribution in [0.3, 0.4) is 0 Å². The van der Waals surface area contributed by atoms with Gasteiger partial charge in [-0.1, -0.05) is 24.3 Å². The van der Waals surface area contributed by atoms with Crippen molar-refractivity contribution in [1.29, 1.82) is 0 Å². The van der Waals surface area contributed by atoms with Crippen LogP contribution in [0.4, 0.5) is 5.69 Å². The van der Waals surface area contributed by atoms with Crippen LogP contribution in [-0.2, 0) is 23.8 Å².